The number of allylic oxidation sites excluding steroid dienone is 4. The van der Waals surface area contributed by atoms with Crippen LogP contribution in [-0.2, 0) is 9.53 Å². The highest BCUT2D eigenvalue weighted by Crippen LogP contribution is 2.55. The predicted molar refractivity (Wildman–Crippen MR) is 72.4 cm³/mol. The summed E-state index contributed by atoms with van der Waals surface area (Å²) in [5, 5.41) is 0. The van der Waals surface area contributed by atoms with Crippen LogP contribution in [0.15, 0.2) is 23.9 Å². The van der Waals surface area contributed by atoms with Gasteiger partial charge in [0.2, 0.25) is 0 Å². The van der Waals surface area contributed by atoms with Gasteiger partial charge in [-0.1, -0.05) is 12.2 Å². The maximum Gasteiger partial charge on any atom is 0.161 e. The Balaban J connectivity index is 1.63. The number of ether oxygens (including phenoxy) is 1. The van der Waals surface area contributed by atoms with Gasteiger partial charge in [-0.15, -0.1) is 0 Å². The summed E-state index contributed by atoms with van der Waals surface area (Å²) >= 11 is 0. The Labute approximate surface area is 114 Å². The third-order valence-corrected chi connectivity index (χ3v) is 5.49. The van der Waals surface area contributed by atoms with Crippen LogP contribution in [-0.4, -0.2) is 37.0 Å². The van der Waals surface area contributed by atoms with Crippen molar-refractivity contribution in [3.63, 3.8) is 0 Å². The SMILES string of the molecule is COC[C@@H]1CCCN1C1=CC(=O)[C@H]2[C@@H]1[C@H]1C=C[C@@H]2C1. The van der Waals surface area contributed by atoms with Crippen molar-refractivity contribution in [1.29, 1.82) is 0 Å². The van der Waals surface area contributed by atoms with Crippen LogP contribution in [0.3, 0.4) is 0 Å². The van der Waals surface area contributed by atoms with Crippen molar-refractivity contribution in [3.8, 4) is 0 Å². The van der Waals surface area contributed by atoms with Crippen molar-refractivity contribution in [3.05, 3.63) is 23.9 Å². The number of hydrogen-bond donors (Lipinski definition) is 0. The van der Waals surface area contributed by atoms with Crippen LogP contribution in [0.5, 0.6) is 0 Å². The maximum atomic E-state index is 12.3. The zero-order chi connectivity index (χ0) is 13.0. The maximum absolute atomic E-state index is 12.3. The minimum absolute atomic E-state index is 0.258. The lowest BCUT2D eigenvalue weighted by atomic mass is 9.83. The van der Waals surface area contributed by atoms with E-state index in [1.165, 1.54) is 25.0 Å². The number of fused-ring (bicyclic) bond motifs is 5. The summed E-state index contributed by atoms with van der Waals surface area (Å²) in [5.41, 5.74) is 1.33. The first kappa shape index (κ1) is 11.7. The highest BCUT2D eigenvalue weighted by Gasteiger charge is 2.53. The summed E-state index contributed by atoms with van der Waals surface area (Å²) in [5.74, 6) is 2.23. The molecule has 0 amide bonds. The quantitative estimate of drug-likeness (QED) is 0.726. The largest absolute Gasteiger partial charge is 0.383 e. The molecule has 1 saturated carbocycles. The monoisotopic (exact) mass is 259 g/mol. The Kier molecular flexibility index (Phi) is 2.59. The molecule has 0 N–H and O–H groups in total. The zero-order valence-corrected chi connectivity index (χ0v) is 11.4. The van der Waals surface area contributed by atoms with Gasteiger partial charge in [-0.2, -0.15) is 0 Å². The first-order chi connectivity index (χ1) is 9.29. The van der Waals surface area contributed by atoms with Gasteiger partial charge in [0.1, 0.15) is 0 Å². The first-order valence-corrected chi connectivity index (χ1v) is 7.49. The van der Waals surface area contributed by atoms with Crippen LogP contribution in [0.2, 0.25) is 0 Å². The fraction of sp³-hybridized carbons (Fsp3) is 0.688. The van der Waals surface area contributed by atoms with Gasteiger partial charge in [0, 0.05) is 37.3 Å². The first-order valence-electron chi connectivity index (χ1n) is 7.49. The van der Waals surface area contributed by atoms with E-state index in [1.54, 1.807) is 7.11 Å². The summed E-state index contributed by atoms with van der Waals surface area (Å²) in [7, 11) is 1.77. The second-order valence-corrected chi connectivity index (χ2v) is 6.42. The topological polar surface area (TPSA) is 29.5 Å². The predicted octanol–water partition coefficient (Wildman–Crippen LogP) is 2.00. The molecule has 0 unspecified atom stereocenters. The van der Waals surface area contributed by atoms with Gasteiger partial charge >= 0.3 is 0 Å². The average Bonchev–Trinajstić information content (AvgIpc) is 3.11. The Bertz CT molecular complexity index is 467. The minimum atomic E-state index is 0.258. The molecule has 1 saturated heterocycles. The molecule has 3 nitrogen and oxygen atoms in total. The van der Waals surface area contributed by atoms with Crippen LogP contribution in [0.25, 0.3) is 0 Å². The van der Waals surface area contributed by atoms with E-state index in [0.29, 0.717) is 29.6 Å². The normalized spacial score (nSPS) is 43.2. The number of hydrogen-bond acceptors (Lipinski definition) is 3. The van der Waals surface area contributed by atoms with E-state index in [2.05, 4.69) is 17.1 Å². The average molecular weight is 259 g/mol. The van der Waals surface area contributed by atoms with Crippen LogP contribution in [0, 0.1) is 23.7 Å². The molecule has 2 bridgehead atoms. The summed E-state index contributed by atoms with van der Waals surface area (Å²) in [4.78, 5) is 14.8. The van der Waals surface area contributed by atoms with Crippen molar-refractivity contribution < 1.29 is 9.53 Å². The Morgan fingerprint density at radius 1 is 1.32 bits per heavy atom. The zero-order valence-electron chi connectivity index (χ0n) is 11.4. The van der Waals surface area contributed by atoms with E-state index in [-0.39, 0.29) is 5.92 Å². The van der Waals surface area contributed by atoms with E-state index in [0.717, 1.165) is 13.2 Å². The van der Waals surface area contributed by atoms with Crippen molar-refractivity contribution in [2.24, 2.45) is 23.7 Å². The lowest BCUT2D eigenvalue weighted by molar-refractivity contribution is -0.118. The molecule has 0 radical (unpaired) electrons. The van der Waals surface area contributed by atoms with Crippen molar-refractivity contribution in [2.75, 3.05) is 20.3 Å². The summed E-state index contributed by atoms with van der Waals surface area (Å²) in [6.07, 6.45) is 10.2. The molecule has 2 fully saturated rings. The number of carbonyl (C=O) groups is 1. The van der Waals surface area contributed by atoms with Gasteiger partial charge < -0.3 is 9.64 Å². The Morgan fingerprint density at radius 3 is 2.89 bits per heavy atom. The standard InChI is InChI=1S/C16H21NO2/c1-19-9-12-3-2-6-17(12)13-8-14(18)16-11-5-4-10(7-11)15(13)16/h4-5,8,10-12,15-16H,2-3,6-7,9H2,1H3/t10-,11+,12-,15+,16-/m0/s1. The molecular formula is C16H21NO2. The summed E-state index contributed by atoms with van der Waals surface area (Å²) in [6.45, 7) is 1.88. The van der Waals surface area contributed by atoms with Crippen molar-refractivity contribution in [1.82, 2.24) is 4.90 Å². The summed E-state index contributed by atoms with van der Waals surface area (Å²) < 4.78 is 5.35. The summed E-state index contributed by atoms with van der Waals surface area (Å²) in [6, 6.07) is 0.478. The number of carbonyl (C=O) groups excluding carboxylic acids is 1. The lowest BCUT2D eigenvalue weighted by Gasteiger charge is -2.33. The molecule has 3 heteroatoms. The highest BCUT2D eigenvalue weighted by atomic mass is 16.5. The molecule has 19 heavy (non-hydrogen) atoms. The molecule has 5 atom stereocenters. The van der Waals surface area contributed by atoms with Crippen LogP contribution in [0.1, 0.15) is 19.3 Å². The van der Waals surface area contributed by atoms with Crippen molar-refractivity contribution >= 4 is 5.78 Å². The van der Waals surface area contributed by atoms with E-state index in [1.807, 2.05) is 6.08 Å². The molecule has 1 heterocycles. The van der Waals surface area contributed by atoms with Crippen molar-refractivity contribution in [2.45, 2.75) is 25.3 Å². The van der Waals surface area contributed by atoms with E-state index in [4.69, 9.17) is 4.74 Å². The number of nitrogens with zero attached hydrogens (tertiary/aromatic N) is 1. The number of methoxy groups -OCH3 is 1. The van der Waals surface area contributed by atoms with Gasteiger partial charge in [-0.25, -0.2) is 0 Å². The third-order valence-electron chi connectivity index (χ3n) is 5.49. The Morgan fingerprint density at radius 2 is 2.11 bits per heavy atom. The number of ketones is 1. The van der Waals surface area contributed by atoms with Gasteiger partial charge in [0.25, 0.3) is 0 Å². The molecule has 0 spiro atoms. The van der Waals surface area contributed by atoms with Gasteiger partial charge in [-0.3, -0.25) is 4.79 Å². The van der Waals surface area contributed by atoms with Gasteiger partial charge in [0.05, 0.1) is 12.6 Å². The highest BCUT2D eigenvalue weighted by molar-refractivity contribution is 5.96. The second-order valence-electron chi connectivity index (χ2n) is 6.42. The number of rotatable bonds is 3. The van der Waals surface area contributed by atoms with Crippen LogP contribution >= 0.6 is 0 Å². The minimum Gasteiger partial charge on any atom is -0.383 e. The van der Waals surface area contributed by atoms with E-state index >= 15 is 0 Å². The van der Waals surface area contributed by atoms with Gasteiger partial charge in [-0.05, 0) is 31.1 Å². The second kappa shape index (κ2) is 4.20. The molecule has 102 valence electrons. The smallest absolute Gasteiger partial charge is 0.161 e. The molecule has 3 aliphatic carbocycles. The van der Waals surface area contributed by atoms with Crippen LogP contribution in [0.4, 0.5) is 0 Å². The van der Waals surface area contributed by atoms with E-state index in [9.17, 15) is 4.79 Å². The molecule has 4 aliphatic rings. The molecule has 1 aliphatic heterocycles. The molecule has 4 rings (SSSR count). The fourth-order valence-corrected chi connectivity index (χ4v) is 4.77. The molecule has 0 aromatic carbocycles. The molecule has 0 aromatic rings. The molecular weight excluding hydrogens is 238 g/mol. The third kappa shape index (κ3) is 1.57. The molecule has 0 aromatic heterocycles. The lowest BCUT2D eigenvalue weighted by Crippen LogP contribution is -2.36. The van der Waals surface area contributed by atoms with Gasteiger partial charge in [0.15, 0.2) is 5.78 Å². The fourth-order valence-electron chi connectivity index (χ4n) is 4.77. The Hall–Kier alpha value is -1.09. The van der Waals surface area contributed by atoms with Crippen LogP contribution < -0.4 is 0 Å². The van der Waals surface area contributed by atoms with E-state index < -0.39 is 0 Å². The number of likely N-dealkylation sites (tertiary alicyclic amines) is 1.